The number of fused-ring (bicyclic) bond motifs is 1. The molecule has 0 spiro atoms. The second-order valence-corrected chi connectivity index (χ2v) is 9.06. The number of esters is 2. The minimum Gasteiger partial charge on any atom is -0.464 e. The van der Waals surface area contributed by atoms with Crippen LogP contribution in [-0.2, 0) is 30.6 Å². The summed E-state index contributed by atoms with van der Waals surface area (Å²) in [6.07, 6.45) is 1.42. The van der Waals surface area contributed by atoms with Gasteiger partial charge < -0.3 is 23.6 Å². The number of halogens is 1. The van der Waals surface area contributed by atoms with E-state index >= 15 is 0 Å². The van der Waals surface area contributed by atoms with Crippen molar-refractivity contribution in [2.75, 3.05) is 28.0 Å². The van der Waals surface area contributed by atoms with Gasteiger partial charge in [0.25, 0.3) is 0 Å². The molecule has 188 valence electrons. The van der Waals surface area contributed by atoms with Crippen LogP contribution in [0.15, 0.2) is 29.8 Å². The second-order valence-electron chi connectivity index (χ2n) is 8.20. The first-order valence-corrected chi connectivity index (χ1v) is 11.3. The van der Waals surface area contributed by atoms with Crippen LogP contribution in [0.4, 0.5) is 4.39 Å². The first kappa shape index (κ1) is 26.4. The molecule has 10 nitrogen and oxygen atoms in total. The lowest BCUT2D eigenvalue weighted by molar-refractivity contribution is -0.202. The van der Waals surface area contributed by atoms with Crippen LogP contribution < -0.4 is 0 Å². The lowest BCUT2D eigenvalue weighted by Gasteiger charge is -2.26. The highest BCUT2D eigenvalue weighted by Gasteiger charge is 2.26. The van der Waals surface area contributed by atoms with Crippen LogP contribution >= 0.6 is 11.3 Å². The molecule has 0 amide bonds. The van der Waals surface area contributed by atoms with Crippen molar-refractivity contribution in [1.82, 2.24) is 14.6 Å². The van der Waals surface area contributed by atoms with Crippen LogP contribution in [0, 0.1) is 5.82 Å². The van der Waals surface area contributed by atoms with Gasteiger partial charge in [-0.3, -0.25) is 9.59 Å². The molecule has 0 aliphatic heterocycles. The number of hydrogen-bond donors (Lipinski definition) is 0. The largest absolute Gasteiger partial charge is 0.464 e. The average Bonchev–Trinajstić information content (AvgIpc) is 3.45. The molecular weight excluding hydrogens is 481 g/mol. The number of nitrogens with zero attached hydrogens (tertiary/aromatic N) is 3. The first-order valence-electron chi connectivity index (χ1n) is 10.5. The Labute approximate surface area is 205 Å². The quantitative estimate of drug-likeness (QED) is 0.167. The van der Waals surface area contributed by atoms with E-state index in [9.17, 15) is 18.8 Å². The highest BCUT2D eigenvalue weighted by molar-refractivity contribution is 7.12. The minimum absolute atomic E-state index is 0.0195. The lowest BCUT2D eigenvalue weighted by Crippen LogP contribution is -2.34. The minimum atomic E-state index is -0.821. The maximum absolute atomic E-state index is 14.0. The monoisotopic (exact) mass is 507 g/mol. The molecule has 35 heavy (non-hydrogen) atoms. The third kappa shape index (κ3) is 6.48. The second kappa shape index (κ2) is 11.0. The van der Waals surface area contributed by atoms with Crippen LogP contribution in [0.3, 0.4) is 0 Å². The van der Waals surface area contributed by atoms with E-state index in [1.165, 1.54) is 53.6 Å². The van der Waals surface area contributed by atoms with Crippen molar-refractivity contribution >= 4 is 40.0 Å². The molecule has 0 N–H and O–H groups in total. The van der Waals surface area contributed by atoms with Gasteiger partial charge in [0.05, 0.1) is 37.3 Å². The number of hydroxylamine groups is 2. The van der Waals surface area contributed by atoms with E-state index in [1.807, 2.05) is 0 Å². The molecule has 1 aromatic carbocycles. The molecule has 0 atom stereocenters. The van der Waals surface area contributed by atoms with Gasteiger partial charge in [0.1, 0.15) is 12.5 Å². The summed E-state index contributed by atoms with van der Waals surface area (Å²) >= 11 is 0.993. The van der Waals surface area contributed by atoms with Crippen molar-refractivity contribution in [3.05, 3.63) is 51.9 Å². The molecule has 0 aliphatic rings. The van der Waals surface area contributed by atoms with E-state index in [0.717, 1.165) is 11.3 Å². The highest BCUT2D eigenvalue weighted by atomic mass is 32.1. The van der Waals surface area contributed by atoms with Gasteiger partial charge in [-0.15, -0.1) is 11.3 Å². The number of ketones is 1. The fraction of sp³-hybridized carbons (Fsp3) is 0.391. The summed E-state index contributed by atoms with van der Waals surface area (Å²) in [6, 6.07) is 3.94. The maximum Gasteiger partial charge on any atom is 0.357 e. The molecule has 3 rings (SSSR count). The summed E-state index contributed by atoms with van der Waals surface area (Å²) < 4.78 is 31.1. The Bertz CT molecular complexity index is 1240. The summed E-state index contributed by atoms with van der Waals surface area (Å²) in [5.41, 5.74) is -0.208. The molecule has 0 bridgehead atoms. The number of carbonyl (C=O) groups excluding carboxylic acids is 3. The smallest absolute Gasteiger partial charge is 0.357 e. The molecule has 0 saturated heterocycles. The fourth-order valence-electron chi connectivity index (χ4n) is 3.15. The predicted octanol–water partition coefficient (Wildman–Crippen LogP) is 3.39. The molecule has 0 unspecified atom stereocenters. The van der Waals surface area contributed by atoms with Crippen molar-refractivity contribution in [2.24, 2.45) is 0 Å². The van der Waals surface area contributed by atoms with E-state index in [4.69, 9.17) is 14.3 Å². The third-order valence-electron chi connectivity index (χ3n) is 5.07. The number of rotatable bonds is 11. The van der Waals surface area contributed by atoms with E-state index in [1.54, 1.807) is 20.9 Å². The van der Waals surface area contributed by atoms with E-state index in [0.29, 0.717) is 10.9 Å². The Morgan fingerprint density at radius 1 is 1.23 bits per heavy atom. The Morgan fingerprint density at radius 3 is 2.66 bits per heavy atom. The van der Waals surface area contributed by atoms with Crippen molar-refractivity contribution < 1.29 is 37.8 Å². The zero-order valence-electron chi connectivity index (χ0n) is 20.0. The van der Waals surface area contributed by atoms with Crippen molar-refractivity contribution in [3.8, 4) is 0 Å². The van der Waals surface area contributed by atoms with Crippen molar-refractivity contribution in [1.29, 1.82) is 0 Å². The SMILES string of the molecule is COC(=O)c1csc(C(=O)c2cn(COC(=O)CC(C)(C)OCN(C)OC)c3cc(F)ccc23)n1. The molecule has 12 heteroatoms. The molecule has 0 saturated carbocycles. The molecule has 0 fully saturated rings. The van der Waals surface area contributed by atoms with E-state index < -0.39 is 29.1 Å². The Morgan fingerprint density at radius 2 is 1.97 bits per heavy atom. The van der Waals surface area contributed by atoms with Gasteiger partial charge in [-0.25, -0.2) is 14.2 Å². The normalized spacial score (nSPS) is 11.7. The number of hydrogen-bond acceptors (Lipinski definition) is 10. The number of carbonyl (C=O) groups is 3. The summed E-state index contributed by atoms with van der Waals surface area (Å²) in [6.45, 7) is 3.39. The average molecular weight is 508 g/mol. The van der Waals surface area contributed by atoms with Gasteiger partial charge in [-0.1, -0.05) is 0 Å². The lowest BCUT2D eigenvalue weighted by atomic mass is 10.1. The number of ether oxygens (including phenoxy) is 3. The van der Waals surface area contributed by atoms with E-state index in [2.05, 4.69) is 9.72 Å². The summed E-state index contributed by atoms with van der Waals surface area (Å²) in [5.74, 6) is -2.16. The number of thiazole rings is 1. The summed E-state index contributed by atoms with van der Waals surface area (Å²) in [7, 11) is 4.41. The van der Waals surface area contributed by atoms with Gasteiger partial charge in [0, 0.05) is 24.0 Å². The zero-order valence-corrected chi connectivity index (χ0v) is 20.8. The molecule has 3 aromatic rings. The molecule has 2 aromatic heterocycles. The maximum atomic E-state index is 14.0. The predicted molar refractivity (Wildman–Crippen MR) is 124 cm³/mol. The molecule has 0 aliphatic carbocycles. The van der Waals surface area contributed by atoms with E-state index in [-0.39, 0.29) is 36.1 Å². The third-order valence-corrected chi connectivity index (χ3v) is 5.91. The highest BCUT2D eigenvalue weighted by Crippen LogP contribution is 2.26. The number of methoxy groups -OCH3 is 1. The standard InChI is InChI=1S/C23H26FN3O7S/c1-23(2,34-12-26(3)32-5)9-19(28)33-13-27-10-16(15-7-6-14(24)8-18(15)27)20(29)21-25-17(11-35-21)22(30)31-4/h6-8,10-11H,9,12-13H2,1-5H3. The summed E-state index contributed by atoms with van der Waals surface area (Å²) in [5, 5.41) is 3.41. The molecular formula is C23H26FN3O7S. The van der Waals surface area contributed by atoms with Gasteiger partial charge in [-0.05, 0) is 32.0 Å². The van der Waals surface area contributed by atoms with Crippen LogP contribution in [0.25, 0.3) is 10.9 Å². The van der Waals surface area contributed by atoms with Gasteiger partial charge >= 0.3 is 11.9 Å². The summed E-state index contributed by atoms with van der Waals surface area (Å²) in [4.78, 5) is 46.3. The van der Waals surface area contributed by atoms with Crippen molar-refractivity contribution in [3.63, 3.8) is 0 Å². The van der Waals surface area contributed by atoms with Crippen LogP contribution in [0.1, 0.15) is 46.1 Å². The van der Waals surface area contributed by atoms with Crippen LogP contribution in [0.2, 0.25) is 0 Å². The van der Waals surface area contributed by atoms with Gasteiger partial charge in [0.15, 0.2) is 17.4 Å². The van der Waals surface area contributed by atoms with Crippen molar-refractivity contribution in [2.45, 2.75) is 32.6 Å². The van der Waals surface area contributed by atoms with Crippen LogP contribution in [-0.4, -0.2) is 65.9 Å². The zero-order chi connectivity index (χ0) is 25.8. The van der Waals surface area contributed by atoms with Gasteiger partial charge in [0.2, 0.25) is 5.78 Å². The topological polar surface area (TPSA) is 109 Å². The number of aromatic nitrogens is 2. The fourth-order valence-corrected chi connectivity index (χ4v) is 3.89. The molecule has 2 heterocycles. The first-order chi connectivity index (χ1) is 16.5. The Hall–Kier alpha value is -3.19. The van der Waals surface area contributed by atoms with Crippen LogP contribution in [0.5, 0.6) is 0 Å². The Balaban J connectivity index is 1.78. The molecule has 0 radical (unpaired) electrons. The number of benzene rings is 1. The van der Waals surface area contributed by atoms with Gasteiger partial charge in [-0.2, -0.15) is 5.06 Å². The Kier molecular flexibility index (Phi) is 8.33.